The van der Waals surface area contributed by atoms with Crippen LogP contribution >= 0.6 is 0 Å². The van der Waals surface area contributed by atoms with Gasteiger partial charge < -0.3 is 15.4 Å². The Morgan fingerprint density at radius 1 is 1.23 bits per heavy atom. The third kappa shape index (κ3) is 5.26. The number of aryl methyl sites for hydroxylation is 1. The number of ether oxygens (including phenoxy) is 1. The SMILES string of the molecule is COc1ccc(-c2cnc(CCC(=O)NCC3CCCNC3)nc2)cc1. The molecule has 3 rings (SSSR count). The number of piperidine rings is 1. The maximum absolute atomic E-state index is 12.0. The molecule has 0 saturated carbocycles. The summed E-state index contributed by atoms with van der Waals surface area (Å²) in [5, 5.41) is 6.39. The highest BCUT2D eigenvalue weighted by Gasteiger charge is 2.14. The van der Waals surface area contributed by atoms with Gasteiger partial charge in [-0.05, 0) is 49.5 Å². The van der Waals surface area contributed by atoms with Crippen molar-refractivity contribution in [3.05, 3.63) is 42.5 Å². The summed E-state index contributed by atoms with van der Waals surface area (Å²) in [4.78, 5) is 20.8. The number of nitrogens with one attached hydrogen (secondary N) is 2. The van der Waals surface area contributed by atoms with Crippen LogP contribution in [0.4, 0.5) is 0 Å². The normalized spacial score (nSPS) is 16.9. The second-order valence-corrected chi connectivity index (χ2v) is 6.63. The van der Waals surface area contributed by atoms with Crippen molar-refractivity contribution in [2.45, 2.75) is 25.7 Å². The van der Waals surface area contributed by atoms with Crippen LogP contribution in [0.1, 0.15) is 25.1 Å². The first kappa shape index (κ1) is 18.3. The van der Waals surface area contributed by atoms with E-state index in [4.69, 9.17) is 4.74 Å². The molecule has 2 aromatic rings. The van der Waals surface area contributed by atoms with Gasteiger partial charge in [-0.2, -0.15) is 0 Å². The molecule has 1 aliphatic heterocycles. The summed E-state index contributed by atoms with van der Waals surface area (Å²) in [5.41, 5.74) is 1.99. The molecule has 1 amide bonds. The third-order valence-corrected chi connectivity index (χ3v) is 4.69. The van der Waals surface area contributed by atoms with E-state index >= 15 is 0 Å². The Morgan fingerprint density at radius 3 is 2.65 bits per heavy atom. The van der Waals surface area contributed by atoms with E-state index in [2.05, 4.69) is 20.6 Å². The molecule has 6 nitrogen and oxygen atoms in total. The summed E-state index contributed by atoms with van der Waals surface area (Å²) in [7, 11) is 1.65. The Bertz CT molecular complexity index is 695. The smallest absolute Gasteiger partial charge is 0.220 e. The van der Waals surface area contributed by atoms with Crippen molar-refractivity contribution in [3.63, 3.8) is 0 Å². The second kappa shape index (κ2) is 9.29. The average Bonchev–Trinajstić information content (AvgIpc) is 2.72. The summed E-state index contributed by atoms with van der Waals surface area (Å²) in [6, 6.07) is 7.78. The van der Waals surface area contributed by atoms with Gasteiger partial charge in [0.15, 0.2) is 0 Å². The van der Waals surface area contributed by atoms with Crippen molar-refractivity contribution in [1.29, 1.82) is 0 Å². The topological polar surface area (TPSA) is 76.1 Å². The van der Waals surface area contributed by atoms with E-state index in [0.717, 1.165) is 36.5 Å². The van der Waals surface area contributed by atoms with Crippen LogP contribution in [0.2, 0.25) is 0 Å². The fraction of sp³-hybridized carbons (Fsp3) is 0.450. The minimum absolute atomic E-state index is 0.0680. The molecule has 2 N–H and O–H groups in total. The molecule has 138 valence electrons. The van der Waals surface area contributed by atoms with Gasteiger partial charge in [0.2, 0.25) is 5.91 Å². The first-order valence-corrected chi connectivity index (χ1v) is 9.17. The van der Waals surface area contributed by atoms with Crippen LogP contribution in [-0.4, -0.2) is 42.6 Å². The Hall–Kier alpha value is -2.47. The summed E-state index contributed by atoms with van der Waals surface area (Å²) >= 11 is 0. The molecule has 1 aliphatic rings. The van der Waals surface area contributed by atoms with Crippen LogP contribution in [-0.2, 0) is 11.2 Å². The summed E-state index contributed by atoms with van der Waals surface area (Å²) in [6.07, 6.45) is 6.95. The number of hydrogen-bond donors (Lipinski definition) is 2. The van der Waals surface area contributed by atoms with Crippen LogP contribution in [0.3, 0.4) is 0 Å². The number of aromatic nitrogens is 2. The number of nitrogens with zero attached hydrogens (tertiary/aromatic N) is 2. The third-order valence-electron chi connectivity index (χ3n) is 4.69. The number of methoxy groups -OCH3 is 1. The number of carbonyl (C=O) groups is 1. The van der Waals surface area contributed by atoms with Crippen LogP contribution in [0, 0.1) is 5.92 Å². The molecule has 0 bridgehead atoms. The lowest BCUT2D eigenvalue weighted by Gasteiger charge is -2.22. The van der Waals surface area contributed by atoms with Gasteiger partial charge in [0.05, 0.1) is 7.11 Å². The molecule has 0 spiro atoms. The van der Waals surface area contributed by atoms with E-state index in [9.17, 15) is 4.79 Å². The minimum Gasteiger partial charge on any atom is -0.497 e. The standard InChI is InChI=1S/C20H26N4O2/c1-26-18-6-4-16(5-7-18)17-13-22-19(23-14-17)8-9-20(25)24-12-15-3-2-10-21-11-15/h4-7,13-15,21H,2-3,8-12H2,1H3,(H,24,25). The van der Waals surface area contributed by atoms with E-state index in [0.29, 0.717) is 24.6 Å². The highest BCUT2D eigenvalue weighted by molar-refractivity contribution is 5.76. The van der Waals surface area contributed by atoms with Gasteiger partial charge in [0, 0.05) is 37.3 Å². The van der Waals surface area contributed by atoms with E-state index in [1.807, 2.05) is 24.3 Å². The number of benzene rings is 1. The lowest BCUT2D eigenvalue weighted by Crippen LogP contribution is -2.38. The first-order chi connectivity index (χ1) is 12.7. The molecule has 1 saturated heterocycles. The lowest BCUT2D eigenvalue weighted by atomic mass is 10.00. The molecular formula is C20H26N4O2. The van der Waals surface area contributed by atoms with Gasteiger partial charge >= 0.3 is 0 Å². The predicted molar refractivity (Wildman–Crippen MR) is 101 cm³/mol. The molecule has 1 aromatic heterocycles. The molecule has 1 fully saturated rings. The Morgan fingerprint density at radius 2 is 2.00 bits per heavy atom. The van der Waals surface area contributed by atoms with Gasteiger partial charge in [0.1, 0.15) is 11.6 Å². The van der Waals surface area contributed by atoms with Gasteiger partial charge in [-0.1, -0.05) is 12.1 Å². The molecule has 1 unspecified atom stereocenters. The van der Waals surface area contributed by atoms with Crippen LogP contribution in [0.25, 0.3) is 11.1 Å². The molecule has 0 aliphatic carbocycles. The highest BCUT2D eigenvalue weighted by atomic mass is 16.5. The van der Waals surface area contributed by atoms with E-state index in [1.165, 1.54) is 12.8 Å². The van der Waals surface area contributed by atoms with E-state index in [1.54, 1.807) is 19.5 Å². The summed E-state index contributed by atoms with van der Waals surface area (Å²) in [5.74, 6) is 2.13. The van der Waals surface area contributed by atoms with Crippen molar-refractivity contribution in [1.82, 2.24) is 20.6 Å². The molecule has 2 heterocycles. The zero-order valence-electron chi connectivity index (χ0n) is 15.2. The van der Waals surface area contributed by atoms with Crippen molar-refractivity contribution in [3.8, 4) is 16.9 Å². The average molecular weight is 354 g/mol. The molecular weight excluding hydrogens is 328 g/mol. The Kier molecular flexibility index (Phi) is 6.55. The van der Waals surface area contributed by atoms with E-state index < -0.39 is 0 Å². The second-order valence-electron chi connectivity index (χ2n) is 6.63. The van der Waals surface area contributed by atoms with Crippen molar-refractivity contribution in [2.24, 2.45) is 5.92 Å². The van der Waals surface area contributed by atoms with Gasteiger partial charge in [-0.3, -0.25) is 4.79 Å². The van der Waals surface area contributed by atoms with Gasteiger partial charge in [-0.15, -0.1) is 0 Å². The Labute approximate surface area is 154 Å². The maximum Gasteiger partial charge on any atom is 0.220 e. The number of hydrogen-bond acceptors (Lipinski definition) is 5. The quantitative estimate of drug-likeness (QED) is 0.797. The lowest BCUT2D eigenvalue weighted by molar-refractivity contribution is -0.121. The Balaban J connectivity index is 1.45. The zero-order chi connectivity index (χ0) is 18.2. The van der Waals surface area contributed by atoms with Crippen molar-refractivity contribution in [2.75, 3.05) is 26.7 Å². The van der Waals surface area contributed by atoms with Crippen LogP contribution in [0.15, 0.2) is 36.7 Å². The van der Waals surface area contributed by atoms with Crippen molar-refractivity contribution >= 4 is 5.91 Å². The largest absolute Gasteiger partial charge is 0.497 e. The zero-order valence-corrected chi connectivity index (χ0v) is 15.2. The van der Waals surface area contributed by atoms with Gasteiger partial charge in [-0.25, -0.2) is 9.97 Å². The van der Waals surface area contributed by atoms with Crippen molar-refractivity contribution < 1.29 is 9.53 Å². The molecule has 26 heavy (non-hydrogen) atoms. The van der Waals surface area contributed by atoms with E-state index in [-0.39, 0.29) is 5.91 Å². The van der Waals surface area contributed by atoms with Gasteiger partial charge in [0.25, 0.3) is 0 Å². The number of amides is 1. The highest BCUT2D eigenvalue weighted by Crippen LogP contribution is 2.21. The fourth-order valence-electron chi connectivity index (χ4n) is 3.09. The molecule has 6 heteroatoms. The first-order valence-electron chi connectivity index (χ1n) is 9.17. The minimum atomic E-state index is 0.0680. The summed E-state index contributed by atoms with van der Waals surface area (Å²) < 4.78 is 5.16. The predicted octanol–water partition coefficient (Wildman–Crippen LogP) is 2.20. The van der Waals surface area contributed by atoms with Crippen LogP contribution < -0.4 is 15.4 Å². The van der Waals surface area contributed by atoms with Crippen LogP contribution in [0.5, 0.6) is 5.75 Å². The number of rotatable bonds is 7. The molecule has 1 atom stereocenters. The fourth-order valence-corrected chi connectivity index (χ4v) is 3.09. The molecule has 1 aromatic carbocycles. The summed E-state index contributed by atoms with van der Waals surface area (Å²) in [6.45, 7) is 2.84. The maximum atomic E-state index is 12.0. The molecule has 0 radical (unpaired) electrons. The monoisotopic (exact) mass is 354 g/mol. The number of carbonyl (C=O) groups excluding carboxylic acids is 1.